The Bertz CT molecular complexity index is 351. The molecule has 16 heavy (non-hydrogen) atoms. The fourth-order valence-electron chi connectivity index (χ4n) is 1.65. The summed E-state index contributed by atoms with van der Waals surface area (Å²) < 4.78 is 0. The lowest BCUT2D eigenvalue weighted by Crippen LogP contribution is -2.24. The smallest absolute Gasteiger partial charge is 0.307 e. The van der Waals surface area contributed by atoms with E-state index in [0.717, 1.165) is 5.56 Å². The van der Waals surface area contributed by atoms with Gasteiger partial charge >= 0.3 is 5.97 Å². The van der Waals surface area contributed by atoms with E-state index in [0.29, 0.717) is 11.4 Å². The fourth-order valence-corrected chi connectivity index (χ4v) is 1.78. The van der Waals surface area contributed by atoms with Crippen molar-refractivity contribution in [2.75, 3.05) is 6.54 Å². The third kappa shape index (κ3) is 3.51. The maximum Gasteiger partial charge on any atom is 0.307 e. The van der Waals surface area contributed by atoms with Crippen molar-refractivity contribution >= 4 is 17.6 Å². The molecule has 0 aliphatic rings. The van der Waals surface area contributed by atoms with Crippen LogP contribution in [0, 0.1) is 5.92 Å². The molecule has 0 bridgehead atoms. The van der Waals surface area contributed by atoms with E-state index in [9.17, 15) is 4.79 Å². The molecule has 2 atom stereocenters. The minimum Gasteiger partial charge on any atom is -0.481 e. The Balaban J connectivity index is 2.67. The zero-order chi connectivity index (χ0) is 12.1. The number of hydrogen-bond donors (Lipinski definition) is 2. The van der Waals surface area contributed by atoms with Crippen molar-refractivity contribution in [1.82, 2.24) is 0 Å². The standard InChI is InChI=1S/C12H16ClNO2/c1-8(6-10(7-14)12(15)16)9-2-4-11(13)5-3-9/h2-5,8,10H,6-7,14H2,1H3,(H,15,16). The highest BCUT2D eigenvalue weighted by atomic mass is 35.5. The van der Waals surface area contributed by atoms with Gasteiger partial charge in [-0.25, -0.2) is 0 Å². The predicted molar refractivity (Wildman–Crippen MR) is 64.7 cm³/mol. The molecular weight excluding hydrogens is 226 g/mol. The SMILES string of the molecule is CC(CC(CN)C(=O)O)c1ccc(Cl)cc1. The van der Waals surface area contributed by atoms with Gasteiger partial charge in [0.25, 0.3) is 0 Å². The summed E-state index contributed by atoms with van der Waals surface area (Å²) in [5.41, 5.74) is 6.51. The summed E-state index contributed by atoms with van der Waals surface area (Å²) in [5.74, 6) is -1.14. The number of halogens is 1. The Hall–Kier alpha value is -1.06. The van der Waals surface area contributed by atoms with Gasteiger partial charge < -0.3 is 10.8 Å². The molecule has 0 aliphatic heterocycles. The molecule has 1 aromatic rings. The number of nitrogens with two attached hydrogens (primary N) is 1. The highest BCUT2D eigenvalue weighted by molar-refractivity contribution is 6.30. The molecule has 3 nitrogen and oxygen atoms in total. The summed E-state index contributed by atoms with van der Waals surface area (Å²) in [6.07, 6.45) is 0.549. The van der Waals surface area contributed by atoms with Gasteiger partial charge in [0.05, 0.1) is 5.92 Å². The molecule has 0 aliphatic carbocycles. The number of carboxylic acid groups (broad SMARTS) is 1. The van der Waals surface area contributed by atoms with E-state index in [4.69, 9.17) is 22.4 Å². The Morgan fingerprint density at radius 1 is 1.44 bits per heavy atom. The maximum absolute atomic E-state index is 10.9. The Kier molecular flexibility index (Phi) is 4.77. The minimum absolute atomic E-state index is 0.168. The number of benzene rings is 1. The van der Waals surface area contributed by atoms with Gasteiger partial charge in [-0.3, -0.25) is 4.79 Å². The van der Waals surface area contributed by atoms with Gasteiger partial charge in [0, 0.05) is 11.6 Å². The van der Waals surface area contributed by atoms with Crippen LogP contribution in [-0.4, -0.2) is 17.6 Å². The lowest BCUT2D eigenvalue weighted by molar-refractivity contribution is -0.141. The first kappa shape index (κ1) is 13.0. The van der Waals surface area contributed by atoms with Crippen LogP contribution in [0.25, 0.3) is 0 Å². The first-order chi connectivity index (χ1) is 7.54. The molecule has 1 aromatic carbocycles. The van der Waals surface area contributed by atoms with E-state index in [2.05, 4.69) is 0 Å². The first-order valence-corrected chi connectivity index (χ1v) is 5.60. The van der Waals surface area contributed by atoms with Crippen molar-refractivity contribution < 1.29 is 9.90 Å². The van der Waals surface area contributed by atoms with Crippen molar-refractivity contribution in [1.29, 1.82) is 0 Å². The number of carbonyl (C=O) groups is 1. The molecule has 0 radical (unpaired) electrons. The van der Waals surface area contributed by atoms with Crippen LogP contribution in [-0.2, 0) is 4.79 Å². The van der Waals surface area contributed by atoms with E-state index >= 15 is 0 Å². The summed E-state index contributed by atoms with van der Waals surface area (Å²) in [6.45, 7) is 2.17. The van der Waals surface area contributed by atoms with E-state index in [-0.39, 0.29) is 12.5 Å². The zero-order valence-electron chi connectivity index (χ0n) is 9.19. The number of hydrogen-bond acceptors (Lipinski definition) is 2. The van der Waals surface area contributed by atoms with Crippen LogP contribution in [0.15, 0.2) is 24.3 Å². The summed E-state index contributed by atoms with van der Waals surface area (Å²) in [7, 11) is 0. The highest BCUT2D eigenvalue weighted by Crippen LogP contribution is 2.24. The molecule has 0 heterocycles. The third-order valence-corrected chi connectivity index (χ3v) is 2.96. The largest absolute Gasteiger partial charge is 0.481 e. The Labute approximate surface area is 100 Å². The van der Waals surface area contributed by atoms with Crippen LogP contribution in [0.1, 0.15) is 24.8 Å². The summed E-state index contributed by atoms with van der Waals surface area (Å²) >= 11 is 5.79. The molecule has 0 amide bonds. The van der Waals surface area contributed by atoms with Gasteiger partial charge in [0.15, 0.2) is 0 Å². The van der Waals surface area contributed by atoms with Gasteiger partial charge in [0.1, 0.15) is 0 Å². The molecule has 1 rings (SSSR count). The third-order valence-electron chi connectivity index (χ3n) is 2.71. The van der Waals surface area contributed by atoms with E-state index in [1.165, 1.54) is 0 Å². The predicted octanol–water partition coefficient (Wildman–Crippen LogP) is 2.49. The average Bonchev–Trinajstić information content (AvgIpc) is 2.26. The van der Waals surface area contributed by atoms with Gasteiger partial charge in [-0.15, -0.1) is 0 Å². The van der Waals surface area contributed by atoms with Crippen molar-refractivity contribution in [3.63, 3.8) is 0 Å². The van der Waals surface area contributed by atoms with Crippen LogP contribution in [0.5, 0.6) is 0 Å². The fraction of sp³-hybridized carbons (Fsp3) is 0.417. The minimum atomic E-state index is -0.830. The molecule has 2 unspecified atom stereocenters. The molecule has 0 aromatic heterocycles. The van der Waals surface area contributed by atoms with Crippen LogP contribution >= 0.6 is 11.6 Å². The molecule has 4 heteroatoms. The average molecular weight is 242 g/mol. The molecule has 88 valence electrons. The van der Waals surface area contributed by atoms with Gasteiger partial charge in [-0.2, -0.15) is 0 Å². The monoisotopic (exact) mass is 241 g/mol. The van der Waals surface area contributed by atoms with Crippen molar-refractivity contribution in [2.24, 2.45) is 11.7 Å². The maximum atomic E-state index is 10.9. The number of aliphatic carboxylic acids is 1. The number of carboxylic acids is 1. The molecular formula is C12H16ClNO2. The van der Waals surface area contributed by atoms with Crippen LogP contribution in [0.2, 0.25) is 5.02 Å². The summed E-state index contributed by atoms with van der Waals surface area (Å²) in [4.78, 5) is 10.9. The lowest BCUT2D eigenvalue weighted by Gasteiger charge is -2.16. The molecule has 3 N–H and O–H groups in total. The quantitative estimate of drug-likeness (QED) is 0.833. The Morgan fingerprint density at radius 2 is 2.00 bits per heavy atom. The first-order valence-electron chi connectivity index (χ1n) is 5.23. The summed E-state index contributed by atoms with van der Waals surface area (Å²) in [5, 5.41) is 9.60. The van der Waals surface area contributed by atoms with Gasteiger partial charge in [-0.1, -0.05) is 30.7 Å². The van der Waals surface area contributed by atoms with E-state index in [1.54, 1.807) is 0 Å². The normalized spacial score (nSPS) is 14.4. The van der Waals surface area contributed by atoms with Crippen LogP contribution < -0.4 is 5.73 Å². The molecule has 0 fully saturated rings. The van der Waals surface area contributed by atoms with Crippen molar-refractivity contribution in [3.8, 4) is 0 Å². The Morgan fingerprint density at radius 3 is 2.44 bits per heavy atom. The zero-order valence-corrected chi connectivity index (χ0v) is 9.95. The molecule has 0 spiro atoms. The second-order valence-electron chi connectivity index (χ2n) is 3.96. The summed E-state index contributed by atoms with van der Waals surface area (Å²) in [6, 6.07) is 7.46. The molecule has 0 saturated carbocycles. The van der Waals surface area contributed by atoms with E-state index < -0.39 is 11.9 Å². The van der Waals surface area contributed by atoms with Crippen molar-refractivity contribution in [2.45, 2.75) is 19.3 Å². The van der Waals surface area contributed by atoms with Gasteiger partial charge in [0.2, 0.25) is 0 Å². The number of rotatable bonds is 5. The van der Waals surface area contributed by atoms with Crippen LogP contribution in [0.4, 0.5) is 0 Å². The second kappa shape index (κ2) is 5.87. The second-order valence-corrected chi connectivity index (χ2v) is 4.40. The van der Waals surface area contributed by atoms with Gasteiger partial charge in [-0.05, 0) is 30.0 Å². The highest BCUT2D eigenvalue weighted by Gasteiger charge is 2.19. The van der Waals surface area contributed by atoms with Crippen molar-refractivity contribution in [3.05, 3.63) is 34.9 Å². The molecule has 0 saturated heterocycles. The lowest BCUT2D eigenvalue weighted by atomic mass is 9.90. The topological polar surface area (TPSA) is 63.3 Å². The van der Waals surface area contributed by atoms with E-state index in [1.807, 2.05) is 31.2 Å². The van der Waals surface area contributed by atoms with Crippen LogP contribution in [0.3, 0.4) is 0 Å².